The monoisotopic (exact) mass is 740 g/mol. The molecule has 1 aliphatic rings. The molecule has 0 atom stereocenters. The summed E-state index contributed by atoms with van der Waals surface area (Å²) in [4.78, 5) is 0. The number of rotatable bonds is 3. The Hall–Kier alpha value is -7.36. The van der Waals surface area contributed by atoms with E-state index in [4.69, 9.17) is 4.42 Å². The van der Waals surface area contributed by atoms with Crippen molar-refractivity contribution in [1.82, 2.24) is 9.13 Å². The van der Waals surface area contributed by atoms with Gasteiger partial charge < -0.3 is 13.6 Å². The fourth-order valence-corrected chi connectivity index (χ4v) is 10.3. The van der Waals surface area contributed by atoms with Crippen LogP contribution in [-0.2, 0) is 5.41 Å². The lowest BCUT2D eigenvalue weighted by molar-refractivity contribution is 0.661. The van der Waals surface area contributed by atoms with E-state index in [1.165, 1.54) is 87.9 Å². The summed E-state index contributed by atoms with van der Waals surface area (Å²) in [5.74, 6) is 0. The summed E-state index contributed by atoms with van der Waals surface area (Å²) in [6, 6.07) is 66.9. The fraction of sp³-hybridized carbons (Fsp3) is 0.0545. The Balaban J connectivity index is 1.03. The lowest BCUT2D eigenvalue weighted by Gasteiger charge is -2.21. The number of fused-ring (bicyclic) bond motifs is 13. The summed E-state index contributed by atoms with van der Waals surface area (Å²) < 4.78 is 11.4. The molecule has 0 saturated heterocycles. The maximum Gasteiger partial charge on any atom is 0.137 e. The molecule has 3 heteroatoms. The van der Waals surface area contributed by atoms with Gasteiger partial charge in [0.25, 0.3) is 0 Å². The minimum atomic E-state index is -0.0965. The lowest BCUT2D eigenvalue weighted by atomic mass is 9.82. The highest BCUT2D eigenvalue weighted by Gasteiger charge is 2.36. The molecule has 0 fully saturated rings. The molecule has 0 radical (unpaired) electrons. The van der Waals surface area contributed by atoms with Gasteiger partial charge in [-0.15, -0.1) is 0 Å². The van der Waals surface area contributed by atoms with Crippen molar-refractivity contribution in [3.63, 3.8) is 0 Å². The average Bonchev–Trinajstić information content (AvgIpc) is 3.96. The van der Waals surface area contributed by atoms with Gasteiger partial charge >= 0.3 is 0 Å². The predicted molar refractivity (Wildman–Crippen MR) is 243 cm³/mol. The second-order valence-corrected chi connectivity index (χ2v) is 16.6. The second kappa shape index (κ2) is 11.4. The van der Waals surface area contributed by atoms with Crippen molar-refractivity contribution in [3.05, 3.63) is 193 Å². The van der Waals surface area contributed by atoms with Gasteiger partial charge in [-0.2, -0.15) is 0 Å². The topological polar surface area (TPSA) is 23.0 Å². The minimum absolute atomic E-state index is 0.0965. The Morgan fingerprint density at radius 2 is 1.02 bits per heavy atom. The van der Waals surface area contributed by atoms with Crippen LogP contribution in [0.2, 0.25) is 0 Å². The first kappa shape index (κ1) is 31.8. The van der Waals surface area contributed by atoms with Crippen molar-refractivity contribution in [2.24, 2.45) is 0 Å². The molecule has 3 heterocycles. The van der Waals surface area contributed by atoms with Gasteiger partial charge in [-0.1, -0.05) is 117 Å². The van der Waals surface area contributed by atoms with E-state index in [0.717, 1.165) is 33.1 Å². The SMILES string of the molecule is CC1(C)c2ccccc2-c2cc3c4cc(-c5ccc6oc7cc8c(cc7c6c5)c5ccccc5n8-c5ccccc5)ccc4n(-c4ccc5ccccc5c4)c3cc21. The zero-order valence-corrected chi connectivity index (χ0v) is 32.1. The molecular weight excluding hydrogens is 705 g/mol. The van der Waals surface area contributed by atoms with E-state index in [0.29, 0.717) is 0 Å². The number of aromatic nitrogens is 2. The Bertz CT molecular complexity index is 3710. The molecule has 0 saturated carbocycles. The molecule has 0 unspecified atom stereocenters. The third-order valence-corrected chi connectivity index (χ3v) is 13.1. The van der Waals surface area contributed by atoms with Crippen molar-refractivity contribution in [2.75, 3.05) is 0 Å². The number of benzene rings is 9. The summed E-state index contributed by atoms with van der Waals surface area (Å²) in [6.45, 7) is 4.74. The van der Waals surface area contributed by atoms with Gasteiger partial charge in [-0.3, -0.25) is 0 Å². The standard InChI is InChI=1S/C55H36N2O/c1-55(2)47-18-10-8-16-39(47)41-29-44-42-27-35(21-24-50(42)57(51(44)31-48(41)55)38-23-20-33-12-6-7-13-34(33)26-38)36-22-25-53-45(28-36)46-30-43-40-17-9-11-19-49(40)56(37-14-4-3-5-15-37)52(43)32-54(46)58-53/h3-32H,1-2H3. The number of hydrogen-bond donors (Lipinski definition) is 0. The summed E-state index contributed by atoms with van der Waals surface area (Å²) >= 11 is 0. The first-order chi connectivity index (χ1) is 28.5. The molecular formula is C55H36N2O. The quantitative estimate of drug-likeness (QED) is 0.177. The average molecular weight is 741 g/mol. The molecule has 3 aromatic heterocycles. The Labute approximate surface area is 334 Å². The van der Waals surface area contributed by atoms with Crippen LogP contribution in [0.5, 0.6) is 0 Å². The van der Waals surface area contributed by atoms with Crippen LogP contribution >= 0.6 is 0 Å². The number of furan rings is 1. The van der Waals surface area contributed by atoms with Crippen molar-refractivity contribution in [1.29, 1.82) is 0 Å². The molecule has 0 bridgehead atoms. The van der Waals surface area contributed by atoms with Gasteiger partial charge in [0.1, 0.15) is 11.2 Å². The smallest absolute Gasteiger partial charge is 0.137 e. The molecule has 9 aromatic carbocycles. The van der Waals surface area contributed by atoms with Gasteiger partial charge in [0.05, 0.1) is 22.1 Å². The highest BCUT2D eigenvalue weighted by Crippen LogP contribution is 2.51. The Morgan fingerprint density at radius 3 is 1.91 bits per heavy atom. The van der Waals surface area contributed by atoms with Crippen LogP contribution in [0, 0.1) is 0 Å². The molecule has 12 aromatic rings. The van der Waals surface area contributed by atoms with E-state index in [1.807, 2.05) is 0 Å². The summed E-state index contributed by atoms with van der Waals surface area (Å²) in [6.07, 6.45) is 0. The van der Waals surface area contributed by atoms with Gasteiger partial charge in [0, 0.05) is 55.2 Å². The van der Waals surface area contributed by atoms with Gasteiger partial charge in [0.2, 0.25) is 0 Å². The number of nitrogens with zero attached hydrogens (tertiary/aromatic N) is 2. The highest BCUT2D eigenvalue weighted by molar-refractivity contribution is 6.18. The van der Waals surface area contributed by atoms with E-state index in [-0.39, 0.29) is 5.41 Å². The first-order valence-electron chi connectivity index (χ1n) is 20.2. The molecule has 0 aliphatic heterocycles. The van der Waals surface area contributed by atoms with E-state index < -0.39 is 0 Å². The van der Waals surface area contributed by atoms with Crippen LogP contribution in [0.3, 0.4) is 0 Å². The minimum Gasteiger partial charge on any atom is -0.456 e. The third kappa shape index (κ3) is 4.28. The van der Waals surface area contributed by atoms with E-state index in [1.54, 1.807) is 0 Å². The van der Waals surface area contributed by atoms with Crippen LogP contribution in [0.4, 0.5) is 0 Å². The molecule has 58 heavy (non-hydrogen) atoms. The van der Waals surface area contributed by atoms with E-state index in [2.05, 4.69) is 205 Å². The molecule has 0 N–H and O–H groups in total. The van der Waals surface area contributed by atoms with Crippen LogP contribution in [0.25, 0.3) is 110 Å². The Kier molecular flexibility index (Phi) is 6.23. The zero-order chi connectivity index (χ0) is 38.3. The lowest BCUT2D eigenvalue weighted by Crippen LogP contribution is -2.14. The molecule has 272 valence electrons. The molecule has 1 aliphatic carbocycles. The zero-order valence-electron chi connectivity index (χ0n) is 32.1. The predicted octanol–water partition coefficient (Wildman–Crippen LogP) is 14.9. The second-order valence-electron chi connectivity index (χ2n) is 16.6. The van der Waals surface area contributed by atoms with Crippen LogP contribution in [-0.4, -0.2) is 9.13 Å². The molecule has 0 amide bonds. The summed E-state index contributed by atoms with van der Waals surface area (Å²) in [5, 5.41) is 9.72. The van der Waals surface area contributed by atoms with Gasteiger partial charge in [-0.25, -0.2) is 0 Å². The van der Waals surface area contributed by atoms with Crippen LogP contribution in [0.15, 0.2) is 186 Å². The largest absolute Gasteiger partial charge is 0.456 e. The summed E-state index contributed by atoms with van der Waals surface area (Å²) in [7, 11) is 0. The third-order valence-electron chi connectivity index (χ3n) is 13.1. The van der Waals surface area contributed by atoms with Gasteiger partial charge in [0.15, 0.2) is 0 Å². The molecule has 13 rings (SSSR count). The van der Waals surface area contributed by atoms with Crippen molar-refractivity contribution in [2.45, 2.75) is 19.3 Å². The maximum atomic E-state index is 6.62. The first-order valence-corrected chi connectivity index (χ1v) is 20.2. The van der Waals surface area contributed by atoms with Crippen molar-refractivity contribution in [3.8, 4) is 33.6 Å². The van der Waals surface area contributed by atoms with E-state index in [9.17, 15) is 0 Å². The molecule has 3 nitrogen and oxygen atoms in total. The van der Waals surface area contributed by atoms with Gasteiger partial charge in [-0.05, 0) is 117 Å². The number of hydrogen-bond acceptors (Lipinski definition) is 1. The Morgan fingerprint density at radius 1 is 0.362 bits per heavy atom. The number of para-hydroxylation sites is 2. The van der Waals surface area contributed by atoms with Crippen LogP contribution in [0.1, 0.15) is 25.0 Å². The highest BCUT2D eigenvalue weighted by atomic mass is 16.3. The van der Waals surface area contributed by atoms with Crippen molar-refractivity contribution >= 4 is 76.3 Å². The summed E-state index contributed by atoms with van der Waals surface area (Å²) in [5.41, 5.74) is 16.6. The fourth-order valence-electron chi connectivity index (χ4n) is 10.3. The van der Waals surface area contributed by atoms with Crippen molar-refractivity contribution < 1.29 is 4.42 Å². The molecule has 0 spiro atoms. The van der Waals surface area contributed by atoms with Crippen LogP contribution < -0.4 is 0 Å². The van der Waals surface area contributed by atoms with E-state index >= 15 is 0 Å². The maximum absolute atomic E-state index is 6.62. The normalized spacial score (nSPS) is 13.5.